The minimum Gasteiger partial charge on any atom is -0.472 e. The van der Waals surface area contributed by atoms with Gasteiger partial charge in [-0.05, 0) is 40.5 Å². The van der Waals surface area contributed by atoms with E-state index in [1.165, 1.54) is 14.2 Å². The Kier molecular flexibility index (Phi) is 6.13. The van der Waals surface area contributed by atoms with Crippen LogP contribution in [0.3, 0.4) is 0 Å². The Hall–Kier alpha value is -0.290. The van der Waals surface area contributed by atoms with Gasteiger partial charge in [-0.1, -0.05) is 0 Å². The number of rotatable bonds is 5. The number of nitrogens with one attached hydrogen (secondary N) is 1. The third kappa shape index (κ3) is 4.29. The van der Waals surface area contributed by atoms with Gasteiger partial charge in [0.25, 0.3) is 0 Å². The molecule has 0 spiro atoms. The van der Waals surface area contributed by atoms with Gasteiger partial charge in [0.15, 0.2) is 0 Å². The van der Waals surface area contributed by atoms with Crippen LogP contribution >= 0.6 is 39.7 Å². The molecule has 2 aromatic heterocycles. The second kappa shape index (κ2) is 7.12. The fraction of sp³-hybridized carbons (Fsp3) is 0.273. The molecule has 0 bridgehead atoms. The maximum Gasteiger partial charge on any atom is 0.0947 e. The zero-order chi connectivity index (χ0) is 10.5. The van der Waals surface area contributed by atoms with Crippen molar-refractivity contribution in [3.63, 3.8) is 0 Å². The lowest BCUT2D eigenvalue weighted by Gasteiger charge is -2.00. The molecule has 5 heteroatoms. The van der Waals surface area contributed by atoms with E-state index in [1.54, 1.807) is 23.9 Å². The maximum absolute atomic E-state index is 4.99. The zero-order valence-corrected chi connectivity index (χ0v) is 11.8. The summed E-state index contributed by atoms with van der Waals surface area (Å²) >= 11 is 5.25. The molecule has 2 nitrogen and oxygen atoms in total. The van der Waals surface area contributed by atoms with Crippen LogP contribution in [0.2, 0.25) is 0 Å². The molecule has 0 aliphatic rings. The quantitative estimate of drug-likeness (QED) is 0.846. The Morgan fingerprint density at radius 2 is 2.19 bits per heavy atom. The van der Waals surface area contributed by atoms with Gasteiger partial charge in [-0.2, -0.15) is 0 Å². The van der Waals surface area contributed by atoms with Crippen LogP contribution < -0.4 is 5.32 Å². The summed E-state index contributed by atoms with van der Waals surface area (Å²) in [7, 11) is 0. The van der Waals surface area contributed by atoms with Gasteiger partial charge in [0.2, 0.25) is 0 Å². The maximum atomic E-state index is 4.99. The molecule has 2 rings (SSSR count). The van der Waals surface area contributed by atoms with Crippen LogP contribution in [-0.2, 0) is 13.0 Å². The largest absolute Gasteiger partial charge is 0.472 e. The van der Waals surface area contributed by atoms with Gasteiger partial charge in [0.05, 0.1) is 16.3 Å². The average Bonchev–Trinajstić information content (AvgIpc) is 2.84. The second-order valence-corrected chi connectivity index (χ2v) is 5.81. The standard InChI is InChI=1S/C11H12BrNOS.ClH/c12-11-2-1-10(15-11)3-5-13-7-9-4-6-14-8-9;/h1-2,4,6,8,13H,3,5,7H2;1H. The lowest BCUT2D eigenvalue weighted by Crippen LogP contribution is -2.15. The van der Waals surface area contributed by atoms with Gasteiger partial charge < -0.3 is 9.73 Å². The summed E-state index contributed by atoms with van der Waals surface area (Å²) in [4.78, 5) is 1.40. The molecule has 0 saturated heterocycles. The van der Waals surface area contributed by atoms with E-state index >= 15 is 0 Å². The molecule has 0 atom stereocenters. The minimum absolute atomic E-state index is 0. The zero-order valence-electron chi connectivity index (χ0n) is 8.61. The van der Waals surface area contributed by atoms with Crippen LogP contribution in [0, 0.1) is 0 Å². The molecule has 16 heavy (non-hydrogen) atoms. The average molecular weight is 323 g/mol. The first-order valence-electron chi connectivity index (χ1n) is 4.80. The highest BCUT2D eigenvalue weighted by molar-refractivity contribution is 9.11. The summed E-state index contributed by atoms with van der Waals surface area (Å²) in [6.45, 7) is 1.88. The smallest absolute Gasteiger partial charge is 0.0947 e. The Labute approximate surface area is 114 Å². The molecule has 2 heterocycles. The first-order chi connectivity index (χ1) is 7.34. The molecule has 0 aromatic carbocycles. The molecular weight excluding hydrogens is 310 g/mol. The van der Waals surface area contributed by atoms with Crippen LogP contribution in [0.4, 0.5) is 0 Å². The summed E-state index contributed by atoms with van der Waals surface area (Å²) < 4.78 is 6.19. The van der Waals surface area contributed by atoms with Crippen LogP contribution in [0.25, 0.3) is 0 Å². The van der Waals surface area contributed by atoms with Crippen molar-refractivity contribution in [1.29, 1.82) is 0 Å². The number of hydrogen-bond donors (Lipinski definition) is 1. The lowest BCUT2D eigenvalue weighted by molar-refractivity contribution is 0.560. The molecule has 0 fully saturated rings. The molecule has 0 saturated carbocycles. The highest BCUT2D eigenvalue weighted by atomic mass is 79.9. The van der Waals surface area contributed by atoms with Crippen molar-refractivity contribution < 1.29 is 4.42 Å². The van der Waals surface area contributed by atoms with E-state index in [2.05, 4.69) is 33.4 Å². The van der Waals surface area contributed by atoms with E-state index < -0.39 is 0 Å². The van der Waals surface area contributed by atoms with Crippen molar-refractivity contribution in [3.05, 3.63) is 45.0 Å². The van der Waals surface area contributed by atoms with Crippen molar-refractivity contribution in [2.45, 2.75) is 13.0 Å². The summed E-state index contributed by atoms with van der Waals surface area (Å²) in [5.41, 5.74) is 1.20. The highest BCUT2D eigenvalue weighted by Gasteiger charge is 1.97. The third-order valence-electron chi connectivity index (χ3n) is 2.09. The molecule has 2 aromatic rings. The Balaban J connectivity index is 0.00000128. The number of halogens is 2. The molecule has 0 unspecified atom stereocenters. The molecule has 0 radical (unpaired) electrons. The topological polar surface area (TPSA) is 25.2 Å². The van der Waals surface area contributed by atoms with Crippen LogP contribution in [-0.4, -0.2) is 6.54 Å². The first-order valence-corrected chi connectivity index (χ1v) is 6.41. The van der Waals surface area contributed by atoms with E-state index in [4.69, 9.17) is 4.42 Å². The van der Waals surface area contributed by atoms with Crippen molar-refractivity contribution in [1.82, 2.24) is 5.32 Å². The Morgan fingerprint density at radius 3 is 2.81 bits per heavy atom. The van der Waals surface area contributed by atoms with Gasteiger partial charge in [-0.25, -0.2) is 0 Å². The summed E-state index contributed by atoms with van der Waals surface area (Å²) in [6.07, 6.45) is 4.55. The van der Waals surface area contributed by atoms with Crippen LogP contribution in [0.5, 0.6) is 0 Å². The minimum atomic E-state index is 0. The van der Waals surface area contributed by atoms with Gasteiger partial charge in [0, 0.05) is 23.5 Å². The summed E-state index contributed by atoms with van der Waals surface area (Å²) in [6, 6.07) is 6.24. The lowest BCUT2D eigenvalue weighted by atomic mass is 10.3. The number of hydrogen-bond acceptors (Lipinski definition) is 3. The van der Waals surface area contributed by atoms with E-state index in [-0.39, 0.29) is 12.4 Å². The molecule has 0 amide bonds. The van der Waals surface area contributed by atoms with Crippen LogP contribution in [0.15, 0.2) is 38.9 Å². The van der Waals surface area contributed by atoms with E-state index in [9.17, 15) is 0 Å². The van der Waals surface area contributed by atoms with E-state index in [1.807, 2.05) is 6.07 Å². The Morgan fingerprint density at radius 1 is 1.31 bits per heavy atom. The van der Waals surface area contributed by atoms with Gasteiger partial charge >= 0.3 is 0 Å². The molecular formula is C11H13BrClNOS. The Bertz CT molecular complexity index is 402. The predicted octanol–water partition coefficient (Wildman–Crippen LogP) is 3.86. The molecule has 0 aliphatic carbocycles. The molecule has 0 aliphatic heterocycles. The van der Waals surface area contributed by atoms with E-state index in [0.29, 0.717) is 0 Å². The van der Waals surface area contributed by atoms with E-state index in [0.717, 1.165) is 19.5 Å². The third-order valence-corrected chi connectivity index (χ3v) is 3.77. The second-order valence-electron chi connectivity index (χ2n) is 3.26. The fourth-order valence-corrected chi connectivity index (χ4v) is 2.81. The summed E-state index contributed by atoms with van der Waals surface area (Å²) in [5.74, 6) is 0. The highest BCUT2D eigenvalue weighted by Crippen LogP contribution is 2.22. The van der Waals surface area contributed by atoms with Crippen molar-refractivity contribution in [2.75, 3.05) is 6.54 Å². The molecule has 88 valence electrons. The number of thiophene rings is 1. The fourth-order valence-electron chi connectivity index (χ4n) is 1.32. The number of furan rings is 1. The predicted molar refractivity (Wildman–Crippen MR) is 73.4 cm³/mol. The first kappa shape index (κ1) is 13.8. The van der Waals surface area contributed by atoms with Gasteiger partial charge in [-0.15, -0.1) is 23.7 Å². The van der Waals surface area contributed by atoms with Crippen molar-refractivity contribution in [2.24, 2.45) is 0 Å². The van der Waals surface area contributed by atoms with Crippen molar-refractivity contribution >= 4 is 39.7 Å². The SMILES string of the molecule is Brc1ccc(CCNCc2ccoc2)s1.Cl. The van der Waals surface area contributed by atoms with Gasteiger partial charge in [0.1, 0.15) is 0 Å². The van der Waals surface area contributed by atoms with Crippen LogP contribution in [0.1, 0.15) is 10.4 Å². The van der Waals surface area contributed by atoms with Crippen molar-refractivity contribution in [3.8, 4) is 0 Å². The van der Waals surface area contributed by atoms with Gasteiger partial charge in [-0.3, -0.25) is 0 Å². The summed E-state index contributed by atoms with van der Waals surface area (Å²) in [5, 5.41) is 3.38. The molecule has 1 N–H and O–H groups in total. The normalized spacial score (nSPS) is 10.1. The monoisotopic (exact) mass is 321 g/mol.